The fraction of sp³-hybridized carbons (Fsp3) is 0.280. The minimum atomic E-state index is -0.0502. The minimum absolute atomic E-state index is 0.0502. The second-order valence-corrected chi connectivity index (χ2v) is 9.68. The molecule has 0 N–H and O–H groups in total. The van der Waals surface area contributed by atoms with Crippen LogP contribution < -0.4 is 4.90 Å². The summed E-state index contributed by atoms with van der Waals surface area (Å²) in [6.07, 6.45) is 0. The first kappa shape index (κ1) is 23.2. The van der Waals surface area contributed by atoms with E-state index in [0.717, 1.165) is 45.6 Å². The largest absolute Gasteiger partial charge is 0.302 e. The van der Waals surface area contributed by atoms with Crippen molar-refractivity contribution in [3.05, 3.63) is 70.2 Å². The van der Waals surface area contributed by atoms with E-state index in [0.29, 0.717) is 10.9 Å². The third kappa shape index (κ3) is 4.86. The van der Waals surface area contributed by atoms with Gasteiger partial charge in [-0.05, 0) is 51.0 Å². The van der Waals surface area contributed by atoms with Crippen LogP contribution in [0.2, 0.25) is 0 Å². The number of benzene rings is 2. The van der Waals surface area contributed by atoms with Crippen LogP contribution >= 0.6 is 23.1 Å². The van der Waals surface area contributed by atoms with E-state index in [1.807, 2.05) is 30.5 Å². The predicted octanol–water partition coefficient (Wildman–Crippen LogP) is 6.32. The number of thioether (sulfide) groups is 1. The lowest BCUT2D eigenvalue weighted by Gasteiger charge is -2.21. The fourth-order valence-electron chi connectivity index (χ4n) is 3.67. The Hall–Kier alpha value is -2.97. The molecular formula is C25H27N5OS2. The number of amides is 1. The highest BCUT2D eigenvalue weighted by Gasteiger charge is 2.21. The van der Waals surface area contributed by atoms with Crippen LogP contribution in [0.25, 0.3) is 11.4 Å². The number of anilines is 2. The molecule has 0 atom stereocenters. The van der Waals surface area contributed by atoms with E-state index in [4.69, 9.17) is 4.98 Å². The monoisotopic (exact) mass is 477 g/mol. The molecule has 8 heteroatoms. The molecule has 0 unspecified atom stereocenters. The highest BCUT2D eigenvalue weighted by Crippen LogP contribution is 2.34. The number of hydrogen-bond acceptors (Lipinski definition) is 6. The van der Waals surface area contributed by atoms with Gasteiger partial charge in [0, 0.05) is 30.2 Å². The lowest BCUT2D eigenvalue weighted by Crippen LogP contribution is -2.23. The van der Waals surface area contributed by atoms with Gasteiger partial charge in [-0.1, -0.05) is 47.7 Å². The Morgan fingerprint density at radius 3 is 2.64 bits per heavy atom. The lowest BCUT2D eigenvalue weighted by molar-refractivity contribution is -0.115. The van der Waals surface area contributed by atoms with Crippen molar-refractivity contribution in [2.24, 2.45) is 0 Å². The van der Waals surface area contributed by atoms with Gasteiger partial charge in [0.15, 0.2) is 16.1 Å². The Morgan fingerprint density at radius 1 is 1.12 bits per heavy atom. The Balaban J connectivity index is 1.55. The van der Waals surface area contributed by atoms with Crippen molar-refractivity contribution < 1.29 is 4.79 Å². The van der Waals surface area contributed by atoms with Gasteiger partial charge in [0.25, 0.3) is 0 Å². The average Bonchev–Trinajstić information content (AvgIpc) is 3.42. The van der Waals surface area contributed by atoms with Crippen LogP contribution in [0.1, 0.15) is 36.2 Å². The van der Waals surface area contributed by atoms with E-state index in [9.17, 15) is 4.79 Å². The zero-order valence-corrected chi connectivity index (χ0v) is 21.1. The van der Waals surface area contributed by atoms with E-state index in [1.165, 1.54) is 16.9 Å². The summed E-state index contributed by atoms with van der Waals surface area (Å²) in [5, 5.41) is 12.4. The Kier molecular flexibility index (Phi) is 6.95. The summed E-state index contributed by atoms with van der Waals surface area (Å²) < 4.78 is 2.13. The first-order chi connectivity index (χ1) is 15.9. The first-order valence-electron chi connectivity index (χ1n) is 10.8. The molecule has 1 amide bonds. The number of aryl methyl sites for hydroxylation is 2. The second-order valence-electron chi connectivity index (χ2n) is 7.90. The van der Waals surface area contributed by atoms with Gasteiger partial charge in [0.2, 0.25) is 5.91 Å². The van der Waals surface area contributed by atoms with Crippen molar-refractivity contribution in [1.82, 2.24) is 19.7 Å². The molecule has 0 bridgehead atoms. The number of hydrogen-bond donors (Lipinski definition) is 0. The molecule has 0 aliphatic carbocycles. The predicted molar refractivity (Wildman–Crippen MR) is 136 cm³/mol. The van der Waals surface area contributed by atoms with Crippen LogP contribution in [0.4, 0.5) is 10.8 Å². The number of rotatable bonds is 7. The number of thiazole rings is 1. The van der Waals surface area contributed by atoms with E-state index in [-0.39, 0.29) is 5.91 Å². The molecule has 0 aliphatic rings. The maximum Gasteiger partial charge on any atom is 0.230 e. The Morgan fingerprint density at radius 2 is 1.91 bits per heavy atom. The first-order valence-corrected chi connectivity index (χ1v) is 12.7. The van der Waals surface area contributed by atoms with Crippen LogP contribution in [0.15, 0.2) is 53.0 Å². The van der Waals surface area contributed by atoms with Gasteiger partial charge in [-0.3, -0.25) is 9.69 Å². The van der Waals surface area contributed by atoms with Crippen LogP contribution in [0, 0.1) is 20.8 Å². The zero-order valence-electron chi connectivity index (χ0n) is 19.5. The summed E-state index contributed by atoms with van der Waals surface area (Å²) in [6, 6.07) is 14.3. The molecular weight excluding hydrogens is 450 g/mol. The van der Waals surface area contributed by atoms with E-state index in [2.05, 4.69) is 59.8 Å². The van der Waals surface area contributed by atoms with Crippen molar-refractivity contribution in [2.45, 2.75) is 52.1 Å². The molecule has 4 rings (SSSR count). The normalized spacial score (nSPS) is 11.1. The summed E-state index contributed by atoms with van der Waals surface area (Å²) in [4.78, 5) is 19.0. The van der Waals surface area contributed by atoms with Crippen molar-refractivity contribution in [3.8, 4) is 11.4 Å². The summed E-state index contributed by atoms with van der Waals surface area (Å²) in [5.74, 6) is 1.48. The molecule has 0 saturated heterocycles. The average molecular weight is 478 g/mol. The van der Waals surface area contributed by atoms with Gasteiger partial charge in [-0.25, -0.2) is 4.98 Å². The SMILES string of the molecule is CCn1c(SCc2csc(N(C(C)=O)c3cccc(C)c3C)n2)nnc1-c1cccc(C)c1. The molecule has 0 spiro atoms. The Labute approximate surface area is 202 Å². The zero-order chi connectivity index (χ0) is 23.5. The number of carbonyl (C=O) groups excluding carboxylic acids is 1. The van der Waals surface area contributed by atoms with Gasteiger partial charge in [-0.2, -0.15) is 0 Å². The second kappa shape index (κ2) is 9.89. The molecule has 2 heterocycles. The summed E-state index contributed by atoms with van der Waals surface area (Å²) in [5.41, 5.74) is 6.29. The van der Waals surface area contributed by atoms with Crippen molar-refractivity contribution in [3.63, 3.8) is 0 Å². The highest BCUT2D eigenvalue weighted by molar-refractivity contribution is 7.98. The highest BCUT2D eigenvalue weighted by atomic mass is 32.2. The molecule has 33 heavy (non-hydrogen) atoms. The fourth-order valence-corrected chi connectivity index (χ4v) is 5.55. The summed E-state index contributed by atoms with van der Waals surface area (Å²) in [7, 11) is 0. The van der Waals surface area contributed by atoms with E-state index >= 15 is 0 Å². The van der Waals surface area contributed by atoms with Crippen LogP contribution in [0.5, 0.6) is 0 Å². The maximum atomic E-state index is 12.5. The molecule has 0 radical (unpaired) electrons. The van der Waals surface area contributed by atoms with Gasteiger partial charge < -0.3 is 4.57 Å². The molecule has 6 nitrogen and oxygen atoms in total. The lowest BCUT2D eigenvalue weighted by atomic mass is 10.1. The molecule has 2 aromatic heterocycles. The molecule has 0 aliphatic heterocycles. The molecule has 2 aromatic carbocycles. The van der Waals surface area contributed by atoms with Crippen molar-refractivity contribution in [1.29, 1.82) is 0 Å². The maximum absolute atomic E-state index is 12.5. The quantitative estimate of drug-likeness (QED) is 0.291. The van der Waals surface area contributed by atoms with Crippen molar-refractivity contribution >= 4 is 39.8 Å². The minimum Gasteiger partial charge on any atom is -0.302 e. The molecule has 170 valence electrons. The molecule has 0 fully saturated rings. The Bertz CT molecular complexity index is 1290. The van der Waals surface area contributed by atoms with Gasteiger partial charge in [0.05, 0.1) is 11.4 Å². The van der Waals surface area contributed by atoms with Gasteiger partial charge >= 0.3 is 0 Å². The number of aromatic nitrogens is 4. The summed E-state index contributed by atoms with van der Waals surface area (Å²) in [6.45, 7) is 10.6. The van der Waals surface area contributed by atoms with Gasteiger partial charge in [-0.15, -0.1) is 21.5 Å². The summed E-state index contributed by atoms with van der Waals surface area (Å²) >= 11 is 3.09. The standard InChI is InChI=1S/C25H27N5OS2/c1-6-29-23(20-11-7-9-16(2)13-20)27-28-25(29)33-15-21-14-32-24(26-21)30(19(5)31)22-12-8-10-17(3)18(22)4/h7-14H,6,15H2,1-5H3. The van der Waals surface area contributed by atoms with Gasteiger partial charge in [0.1, 0.15) is 0 Å². The number of carbonyl (C=O) groups is 1. The van der Waals surface area contributed by atoms with E-state index < -0.39 is 0 Å². The molecule has 4 aromatic rings. The number of nitrogens with zero attached hydrogens (tertiary/aromatic N) is 5. The van der Waals surface area contributed by atoms with Crippen LogP contribution in [-0.4, -0.2) is 25.7 Å². The third-order valence-electron chi connectivity index (χ3n) is 5.52. The topological polar surface area (TPSA) is 63.9 Å². The van der Waals surface area contributed by atoms with E-state index in [1.54, 1.807) is 23.6 Å². The smallest absolute Gasteiger partial charge is 0.230 e. The van der Waals surface area contributed by atoms with Crippen LogP contribution in [-0.2, 0) is 17.1 Å². The van der Waals surface area contributed by atoms with Crippen molar-refractivity contribution in [2.75, 3.05) is 4.90 Å². The molecule has 0 saturated carbocycles. The van der Waals surface area contributed by atoms with Crippen LogP contribution in [0.3, 0.4) is 0 Å². The third-order valence-corrected chi connectivity index (χ3v) is 7.40.